The normalized spacial score (nSPS) is 17.8. The molecule has 0 aromatic rings. The van der Waals surface area contributed by atoms with Crippen LogP contribution >= 0.6 is 48.0 Å². The van der Waals surface area contributed by atoms with Gasteiger partial charge in [0.15, 0.2) is 10.2 Å². The molecule has 2 rings (SSSR count). The summed E-state index contributed by atoms with van der Waals surface area (Å²) in [5.74, 6) is 5.08. The van der Waals surface area contributed by atoms with Crippen molar-refractivity contribution in [2.75, 3.05) is 75.4 Å². The average molecular weight is 533 g/mol. The molecule has 0 amide bonds. The predicted octanol–water partition coefficient (Wildman–Crippen LogP) is 5.52. The van der Waals surface area contributed by atoms with Gasteiger partial charge in [-0.1, -0.05) is 27.7 Å². The van der Waals surface area contributed by atoms with Gasteiger partial charge in [-0.25, -0.2) is 0 Å². The number of hydrogen-bond acceptors (Lipinski definition) is 4. The molecule has 4 nitrogen and oxygen atoms in total. The Bertz CT molecular complexity index is 574. The summed E-state index contributed by atoms with van der Waals surface area (Å²) < 4.78 is 0. The SMILES string of the molecule is CCN1CCN(CC(C)(C)CCSCCCSCCC(C)(C)CN2CCN(CC)C2=S)C1=S. The van der Waals surface area contributed by atoms with E-state index in [0.29, 0.717) is 10.8 Å². The summed E-state index contributed by atoms with van der Waals surface area (Å²) in [5, 5.41) is 2.12. The third kappa shape index (κ3) is 9.92. The van der Waals surface area contributed by atoms with E-state index in [1.807, 2.05) is 0 Å². The van der Waals surface area contributed by atoms with Crippen molar-refractivity contribution in [2.45, 2.75) is 60.8 Å². The van der Waals surface area contributed by atoms with Crippen LogP contribution in [-0.4, -0.2) is 105 Å². The lowest BCUT2D eigenvalue weighted by Gasteiger charge is -2.31. The Morgan fingerprint density at radius 3 is 1.33 bits per heavy atom. The zero-order valence-electron chi connectivity index (χ0n) is 22.0. The standard InChI is InChI=1S/C25H48N4S4/c1-7-26-12-14-28(22(26)30)20-24(3,4)10-18-32-16-9-17-33-19-11-25(5,6)21-29-15-13-27(8-2)23(29)31/h7-21H2,1-6H3. The van der Waals surface area contributed by atoms with Crippen molar-refractivity contribution in [2.24, 2.45) is 10.8 Å². The molecule has 2 aliphatic heterocycles. The molecule has 2 fully saturated rings. The maximum absolute atomic E-state index is 5.64. The fraction of sp³-hybridized carbons (Fsp3) is 0.920. The fourth-order valence-corrected chi connectivity index (χ4v) is 7.94. The molecule has 0 aromatic heterocycles. The van der Waals surface area contributed by atoms with E-state index in [4.69, 9.17) is 24.4 Å². The summed E-state index contributed by atoms with van der Waals surface area (Å²) in [6.07, 6.45) is 3.84. The first-order chi connectivity index (χ1) is 15.6. The van der Waals surface area contributed by atoms with Gasteiger partial charge in [0.05, 0.1) is 0 Å². The molecule has 0 spiro atoms. The summed E-state index contributed by atoms with van der Waals surface area (Å²) in [7, 11) is 0. The molecule has 0 N–H and O–H groups in total. The number of thiocarbonyl (C=S) groups is 2. The summed E-state index contributed by atoms with van der Waals surface area (Å²) in [5.41, 5.74) is 0.653. The predicted molar refractivity (Wildman–Crippen MR) is 159 cm³/mol. The number of nitrogens with zero attached hydrogens (tertiary/aromatic N) is 4. The van der Waals surface area contributed by atoms with Crippen LogP contribution in [0.2, 0.25) is 0 Å². The van der Waals surface area contributed by atoms with Gasteiger partial charge >= 0.3 is 0 Å². The van der Waals surface area contributed by atoms with Crippen LogP contribution in [0.1, 0.15) is 60.8 Å². The average Bonchev–Trinajstić information content (AvgIpc) is 3.27. The second-order valence-corrected chi connectivity index (χ2v) is 14.2. The van der Waals surface area contributed by atoms with Gasteiger partial charge in [-0.2, -0.15) is 23.5 Å². The minimum atomic E-state index is 0.326. The van der Waals surface area contributed by atoms with E-state index in [-0.39, 0.29) is 0 Å². The Kier molecular flexibility index (Phi) is 12.4. The summed E-state index contributed by atoms with van der Waals surface area (Å²) in [6, 6.07) is 0. The fourth-order valence-electron chi connectivity index (χ4n) is 4.50. The van der Waals surface area contributed by atoms with E-state index in [1.165, 1.54) is 42.3 Å². The van der Waals surface area contributed by atoms with E-state index < -0.39 is 0 Å². The summed E-state index contributed by atoms with van der Waals surface area (Å²) in [4.78, 5) is 9.47. The molecular weight excluding hydrogens is 485 g/mol. The van der Waals surface area contributed by atoms with Crippen molar-refractivity contribution < 1.29 is 0 Å². The monoisotopic (exact) mass is 532 g/mol. The minimum absolute atomic E-state index is 0.326. The Labute approximate surface area is 223 Å². The highest BCUT2D eigenvalue weighted by molar-refractivity contribution is 8.00. The molecule has 0 aliphatic carbocycles. The third-order valence-corrected chi connectivity index (χ3v) is 9.96. The van der Waals surface area contributed by atoms with Crippen LogP contribution in [-0.2, 0) is 0 Å². The molecule has 0 unspecified atom stereocenters. The molecule has 0 atom stereocenters. The molecule has 0 saturated carbocycles. The van der Waals surface area contributed by atoms with Gasteiger partial charge < -0.3 is 19.6 Å². The van der Waals surface area contributed by atoms with Crippen LogP contribution in [0.15, 0.2) is 0 Å². The van der Waals surface area contributed by atoms with Crippen LogP contribution in [0.25, 0.3) is 0 Å². The van der Waals surface area contributed by atoms with Gasteiger partial charge in [0.2, 0.25) is 0 Å². The number of likely N-dealkylation sites (N-methyl/N-ethyl adjacent to an activating group) is 2. The lowest BCUT2D eigenvalue weighted by molar-refractivity contribution is 0.261. The largest absolute Gasteiger partial charge is 0.348 e. The first kappa shape index (κ1) is 29.3. The van der Waals surface area contributed by atoms with E-state index in [1.54, 1.807) is 0 Å². The topological polar surface area (TPSA) is 13.0 Å². The van der Waals surface area contributed by atoms with Gasteiger partial charge in [0.25, 0.3) is 0 Å². The van der Waals surface area contributed by atoms with Gasteiger partial charge in [0.1, 0.15) is 0 Å². The van der Waals surface area contributed by atoms with E-state index in [2.05, 4.69) is 84.7 Å². The highest BCUT2D eigenvalue weighted by Crippen LogP contribution is 2.28. The van der Waals surface area contributed by atoms with Crippen LogP contribution in [0, 0.1) is 10.8 Å². The quantitative estimate of drug-likeness (QED) is 0.188. The molecule has 0 bridgehead atoms. The Morgan fingerprint density at radius 1 is 0.636 bits per heavy atom. The van der Waals surface area contributed by atoms with Crippen LogP contribution in [0.3, 0.4) is 0 Å². The molecule has 2 heterocycles. The maximum Gasteiger partial charge on any atom is 0.171 e. The van der Waals surface area contributed by atoms with Crippen molar-refractivity contribution in [1.82, 2.24) is 19.6 Å². The van der Waals surface area contributed by atoms with Gasteiger partial charge in [-0.15, -0.1) is 0 Å². The van der Waals surface area contributed by atoms with Crippen molar-refractivity contribution in [3.05, 3.63) is 0 Å². The minimum Gasteiger partial charge on any atom is -0.348 e. The number of hydrogen-bond donors (Lipinski definition) is 0. The van der Waals surface area contributed by atoms with Gasteiger partial charge in [0, 0.05) is 52.4 Å². The number of thioether (sulfide) groups is 2. The third-order valence-electron chi connectivity index (χ3n) is 6.79. The smallest absolute Gasteiger partial charge is 0.171 e. The van der Waals surface area contributed by atoms with Crippen molar-refractivity contribution >= 4 is 58.2 Å². The highest BCUT2D eigenvalue weighted by Gasteiger charge is 2.30. The van der Waals surface area contributed by atoms with Crippen LogP contribution in [0.5, 0.6) is 0 Å². The molecule has 192 valence electrons. The molecule has 8 heteroatoms. The van der Waals surface area contributed by atoms with Gasteiger partial charge in [-0.3, -0.25) is 0 Å². The van der Waals surface area contributed by atoms with Gasteiger partial charge in [-0.05, 0) is 91.4 Å². The second kappa shape index (κ2) is 14.0. The Balaban J connectivity index is 1.49. The zero-order valence-corrected chi connectivity index (χ0v) is 25.3. The molecule has 2 aliphatic rings. The molecular formula is C25H48N4S4. The Morgan fingerprint density at radius 2 is 1.00 bits per heavy atom. The van der Waals surface area contributed by atoms with Crippen LogP contribution < -0.4 is 0 Å². The number of rotatable bonds is 16. The highest BCUT2D eigenvalue weighted by atomic mass is 32.2. The van der Waals surface area contributed by atoms with Crippen molar-refractivity contribution in [3.63, 3.8) is 0 Å². The second-order valence-electron chi connectivity index (χ2n) is 11.0. The Hall–Kier alpha value is 0.0800. The maximum atomic E-state index is 5.64. The summed E-state index contributed by atoms with van der Waals surface area (Å²) in [6.45, 7) is 22.6. The molecule has 2 saturated heterocycles. The zero-order chi connectivity index (χ0) is 24.5. The van der Waals surface area contributed by atoms with E-state index in [0.717, 1.165) is 62.6 Å². The van der Waals surface area contributed by atoms with Crippen LogP contribution in [0.4, 0.5) is 0 Å². The molecule has 0 aromatic carbocycles. The molecule has 0 radical (unpaired) electrons. The lowest BCUT2D eigenvalue weighted by atomic mass is 9.90. The van der Waals surface area contributed by atoms with E-state index >= 15 is 0 Å². The molecule has 33 heavy (non-hydrogen) atoms. The first-order valence-electron chi connectivity index (χ1n) is 12.8. The summed E-state index contributed by atoms with van der Waals surface area (Å²) >= 11 is 15.5. The first-order valence-corrected chi connectivity index (χ1v) is 15.9. The van der Waals surface area contributed by atoms with E-state index in [9.17, 15) is 0 Å². The lowest BCUT2D eigenvalue weighted by Crippen LogP contribution is -2.38. The van der Waals surface area contributed by atoms with Crippen molar-refractivity contribution in [3.8, 4) is 0 Å². The van der Waals surface area contributed by atoms with Crippen molar-refractivity contribution in [1.29, 1.82) is 0 Å².